The van der Waals surface area contributed by atoms with Gasteiger partial charge in [-0.05, 0) is 17.5 Å². The Balaban J connectivity index is 2.91. The van der Waals surface area contributed by atoms with Crippen LogP contribution in [-0.4, -0.2) is 13.4 Å². The van der Waals surface area contributed by atoms with Gasteiger partial charge >= 0.3 is 0 Å². The normalized spacial score (nSPS) is 11.8. The molecule has 0 fully saturated rings. The molecule has 0 atom stereocenters. The van der Waals surface area contributed by atoms with Crippen molar-refractivity contribution in [2.75, 3.05) is 0 Å². The Bertz CT molecular complexity index is 675. The molecule has 1 N–H and O–H groups in total. The van der Waals surface area contributed by atoms with Crippen molar-refractivity contribution in [1.29, 1.82) is 0 Å². The fraction of sp³-hybridized carbons (Fsp3) is 0. The molecule has 2 rings (SSSR count). The predicted octanol–water partition coefficient (Wildman–Crippen LogP) is 1.46. The standard InChI is InChI=1S/C9H6ClNO3S/c10-15(13,14)8-5-6-3-1-2-4-7(6)11-9(8)12/h1-5H,(H,11,12). The third-order valence-corrected chi connectivity index (χ3v) is 3.31. The number of H-pyrrole nitrogens is 1. The number of halogens is 1. The zero-order valence-corrected chi connectivity index (χ0v) is 8.97. The van der Waals surface area contributed by atoms with E-state index in [4.69, 9.17) is 10.7 Å². The summed E-state index contributed by atoms with van der Waals surface area (Å²) in [5.41, 5.74) is -0.129. The largest absolute Gasteiger partial charge is 0.321 e. The molecule has 0 bridgehead atoms. The van der Waals surface area contributed by atoms with E-state index in [1.807, 2.05) is 0 Å². The van der Waals surface area contributed by atoms with E-state index in [1.165, 1.54) is 6.07 Å². The molecule has 4 nitrogen and oxygen atoms in total. The van der Waals surface area contributed by atoms with E-state index in [2.05, 4.69) is 4.98 Å². The maximum absolute atomic E-state index is 11.4. The maximum atomic E-state index is 11.4. The summed E-state index contributed by atoms with van der Waals surface area (Å²) in [6.45, 7) is 0. The van der Waals surface area contributed by atoms with Gasteiger partial charge in [-0.2, -0.15) is 0 Å². The first-order valence-electron chi connectivity index (χ1n) is 4.05. The number of para-hydroxylation sites is 1. The van der Waals surface area contributed by atoms with Crippen LogP contribution in [0.2, 0.25) is 0 Å². The van der Waals surface area contributed by atoms with Crippen LogP contribution >= 0.6 is 10.7 Å². The lowest BCUT2D eigenvalue weighted by atomic mass is 10.2. The van der Waals surface area contributed by atoms with Gasteiger partial charge in [0, 0.05) is 16.2 Å². The second-order valence-electron chi connectivity index (χ2n) is 2.99. The first-order valence-corrected chi connectivity index (χ1v) is 6.36. The first-order chi connectivity index (χ1) is 6.98. The van der Waals surface area contributed by atoms with Crippen molar-refractivity contribution in [1.82, 2.24) is 4.98 Å². The number of aromatic nitrogens is 1. The summed E-state index contributed by atoms with van der Waals surface area (Å²) in [4.78, 5) is 13.4. The summed E-state index contributed by atoms with van der Waals surface area (Å²) in [6.07, 6.45) is 0. The van der Waals surface area contributed by atoms with Gasteiger partial charge in [0.1, 0.15) is 4.90 Å². The summed E-state index contributed by atoms with van der Waals surface area (Å²) in [6, 6.07) is 8.12. The summed E-state index contributed by atoms with van der Waals surface area (Å²) in [5.74, 6) is 0. The molecule has 0 aliphatic rings. The molecular formula is C9H6ClNO3S. The Labute approximate surface area is 89.9 Å². The van der Waals surface area contributed by atoms with E-state index in [9.17, 15) is 13.2 Å². The lowest BCUT2D eigenvalue weighted by molar-refractivity contribution is 0.608. The summed E-state index contributed by atoms with van der Waals surface area (Å²) in [7, 11) is 1.12. The van der Waals surface area contributed by atoms with Gasteiger partial charge in [0.2, 0.25) is 0 Å². The van der Waals surface area contributed by atoms with E-state index in [0.29, 0.717) is 10.9 Å². The lowest BCUT2D eigenvalue weighted by Gasteiger charge is -1.99. The van der Waals surface area contributed by atoms with Gasteiger partial charge in [-0.3, -0.25) is 4.79 Å². The number of fused-ring (bicyclic) bond motifs is 1. The first kappa shape index (κ1) is 10.2. The Morgan fingerprint density at radius 3 is 2.53 bits per heavy atom. The maximum Gasteiger partial charge on any atom is 0.268 e. The molecule has 2 aromatic rings. The van der Waals surface area contributed by atoms with E-state index < -0.39 is 19.5 Å². The third kappa shape index (κ3) is 1.88. The molecule has 0 amide bonds. The molecule has 0 saturated heterocycles. The second-order valence-corrected chi connectivity index (χ2v) is 5.52. The Morgan fingerprint density at radius 2 is 1.87 bits per heavy atom. The number of rotatable bonds is 1. The molecule has 1 heterocycles. The summed E-state index contributed by atoms with van der Waals surface area (Å²) in [5, 5.41) is 0.622. The molecule has 0 aliphatic carbocycles. The van der Waals surface area contributed by atoms with Crippen molar-refractivity contribution in [2.45, 2.75) is 4.90 Å². The number of hydrogen-bond donors (Lipinski definition) is 1. The van der Waals surface area contributed by atoms with Crippen LogP contribution < -0.4 is 5.56 Å². The van der Waals surface area contributed by atoms with Gasteiger partial charge in [-0.15, -0.1) is 0 Å². The van der Waals surface area contributed by atoms with Crippen LogP contribution in [0.15, 0.2) is 40.0 Å². The third-order valence-electron chi connectivity index (χ3n) is 1.98. The average Bonchev–Trinajstić information content (AvgIpc) is 2.15. The summed E-state index contributed by atoms with van der Waals surface area (Å²) >= 11 is 0. The van der Waals surface area contributed by atoms with Gasteiger partial charge in [-0.25, -0.2) is 8.42 Å². The highest BCUT2D eigenvalue weighted by molar-refractivity contribution is 8.13. The summed E-state index contributed by atoms with van der Waals surface area (Å²) < 4.78 is 22.1. The molecule has 15 heavy (non-hydrogen) atoms. The van der Waals surface area contributed by atoms with Gasteiger partial charge in [0.05, 0.1) is 0 Å². The van der Waals surface area contributed by atoms with Crippen molar-refractivity contribution in [2.24, 2.45) is 0 Å². The quantitative estimate of drug-likeness (QED) is 0.771. The SMILES string of the molecule is O=c1[nH]c2ccccc2cc1S(=O)(=O)Cl. The second kappa shape index (κ2) is 3.36. The highest BCUT2D eigenvalue weighted by Gasteiger charge is 2.15. The van der Waals surface area contributed by atoms with E-state index in [1.54, 1.807) is 24.3 Å². The fourth-order valence-corrected chi connectivity index (χ4v) is 2.19. The van der Waals surface area contributed by atoms with Gasteiger partial charge in [-0.1, -0.05) is 18.2 Å². The van der Waals surface area contributed by atoms with Crippen molar-refractivity contribution in [3.8, 4) is 0 Å². The fourth-order valence-electron chi connectivity index (χ4n) is 1.31. The topological polar surface area (TPSA) is 67.0 Å². The van der Waals surface area contributed by atoms with Crippen LogP contribution in [0.25, 0.3) is 10.9 Å². The zero-order valence-electron chi connectivity index (χ0n) is 7.40. The van der Waals surface area contributed by atoms with Crippen LogP contribution in [-0.2, 0) is 9.05 Å². The van der Waals surface area contributed by atoms with Crippen molar-refractivity contribution < 1.29 is 8.42 Å². The van der Waals surface area contributed by atoms with Gasteiger partial charge in [0.15, 0.2) is 0 Å². The van der Waals surface area contributed by atoms with Crippen molar-refractivity contribution >= 4 is 30.6 Å². The highest BCUT2D eigenvalue weighted by atomic mass is 35.7. The van der Waals surface area contributed by atoms with E-state index in [-0.39, 0.29) is 0 Å². The zero-order chi connectivity index (χ0) is 11.1. The van der Waals surface area contributed by atoms with Crippen molar-refractivity contribution in [3.63, 3.8) is 0 Å². The molecule has 0 aliphatic heterocycles. The van der Waals surface area contributed by atoms with Crippen LogP contribution in [0, 0.1) is 0 Å². The number of hydrogen-bond acceptors (Lipinski definition) is 3. The van der Waals surface area contributed by atoms with Crippen molar-refractivity contribution in [3.05, 3.63) is 40.7 Å². The van der Waals surface area contributed by atoms with E-state index in [0.717, 1.165) is 0 Å². The number of nitrogens with one attached hydrogen (secondary N) is 1. The van der Waals surface area contributed by atoms with Gasteiger partial charge in [0.25, 0.3) is 14.6 Å². The Hall–Kier alpha value is -1.33. The monoisotopic (exact) mass is 243 g/mol. The molecule has 78 valence electrons. The molecule has 0 spiro atoms. The molecule has 0 unspecified atom stereocenters. The van der Waals surface area contributed by atoms with Crippen LogP contribution in [0.3, 0.4) is 0 Å². The number of aromatic amines is 1. The smallest absolute Gasteiger partial charge is 0.268 e. The van der Waals surface area contributed by atoms with E-state index >= 15 is 0 Å². The molecule has 0 radical (unpaired) electrons. The lowest BCUT2D eigenvalue weighted by Crippen LogP contribution is -2.13. The molecule has 1 aromatic carbocycles. The minimum Gasteiger partial charge on any atom is -0.321 e. The molecule has 0 saturated carbocycles. The predicted molar refractivity (Wildman–Crippen MR) is 57.6 cm³/mol. The Morgan fingerprint density at radius 1 is 1.20 bits per heavy atom. The average molecular weight is 244 g/mol. The van der Waals surface area contributed by atoms with Crippen LogP contribution in [0.1, 0.15) is 0 Å². The molecule has 1 aromatic heterocycles. The number of benzene rings is 1. The Kier molecular flexibility index (Phi) is 2.28. The van der Waals surface area contributed by atoms with Crippen LogP contribution in [0.5, 0.6) is 0 Å². The number of pyridine rings is 1. The highest BCUT2D eigenvalue weighted by Crippen LogP contribution is 2.15. The molecule has 6 heteroatoms. The minimum atomic E-state index is -4.00. The van der Waals surface area contributed by atoms with Crippen LogP contribution in [0.4, 0.5) is 0 Å². The van der Waals surface area contributed by atoms with Gasteiger partial charge < -0.3 is 4.98 Å². The minimum absolute atomic E-state index is 0.428. The molecular weight excluding hydrogens is 238 g/mol.